The highest BCUT2D eigenvalue weighted by Crippen LogP contribution is 2.29. The van der Waals surface area contributed by atoms with Crippen molar-refractivity contribution >= 4 is 28.5 Å². The first-order valence-corrected chi connectivity index (χ1v) is 11.2. The monoisotopic (exact) mass is 471 g/mol. The lowest BCUT2D eigenvalue weighted by molar-refractivity contribution is -0.147. The van der Waals surface area contributed by atoms with E-state index in [4.69, 9.17) is 9.47 Å². The molecular formula is C27H25N3O5. The van der Waals surface area contributed by atoms with Crippen molar-refractivity contribution < 1.29 is 19.1 Å². The molecule has 0 aliphatic carbocycles. The summed E-state index contributed by atoms with van der Waals surface area (Å²) < 4.78 is 11.0. The topological polar surface area (TPSA) is 110 Å². The summed E-state index contributed by atoms with van der Waals surface area (Å²) in [6, 6.07) is 21.7. The fourth-order valence-corrected chi connectivity index (χ4v) is 3.45. The third-order valence-electron chi connectivity index (χ3n) is 5.23. The van der Waals surface area contributed by atoms with Gasteiger partial charge in [-0.25, -0.2) is 4.98 Å². The normalized spacial score (nSPS) is 10.7. The maximum atomic E-state index is 12.3. The molecule has 0 saturated carbocycles. The van der Waals surface area contributed by atoms with Crippen LogP contribution in [0.4, 0.5) is 5.69 Å². The number of carbonyl (C=O) groups excluding carboxylic acids is 2. The minimum atomic E-state index is -0.507. The number of anilines is 1. The molecule has 0 spiro atoms. The largest absolute Gasteiger partial charge is 0.456 e. The van der Waals surface area contributed by atoms with Gasteiger partial charge in [0.1, 0.15) is 11.6 Å². The van der Waals surface area contributed by atoms with Gasteiger partial charge in [-0.1, -0.05) is 42.0 Å². The number of H-pyrrole nitrogens is 1. The number of nitrogens with zero attached hydrogens (tertiary/aromatic N) is 1. The number of carbonyl (C=O) groups is 2. The molecule has 1 amide bonds. The Hall–Kier alpha value is -4.46. The maximum Gasteiger partial charge on any atom is 0.306 e. The molecule has 3 aromatic carbocycles. The molecular weight excluding hydrogens is 446 g/mol. The van der Waals surface area contributed by atoms with E-state index >= 15 is 0 Å². The van der Waals surface area contributed by atoms with Crippen molar-refractivity contribution in [1.29, 1.82) is 0 Å². The number of benzene rings is 3. The molecule has 178 valence electrons. The zero-order valence-electron chi connectivity index (χ0n) is 19.2. The number of nitrogens with one attached hydrogen (secondary N) is 2. The predicted octanol–water partition coefficient (Wildman–Crippen LogP) is 4.53. The van der Waals surface area contributed by atoms with Crippen LogP contribution in [0, 0.1) is 6.92 Å². The van der Waals surface area contributed by atoms with Crippen molar-refractivity contribution in [3.63, 3.8) is 0 Å². The van der Waals surface area contributed by atoms with Crippen molar-refractivity contribution in [2.75, 3.05) is 11.9 Å². The lowest BCUT2D eigenvalue weighted by atomic mass is 10.2. The number of hydrogen-bond donors (Lipinski definition) is 2. The van der Waals surface area contributed by atoms with Crippen LogP contribution in [-0.2, 0) is 20.7 Å². The number of esters is 1. The molecule has 4 rings (SSSR count). The first-order chi connectivity index (χ1) is 17.0. The maximum absolute atomic E-state index is 12.3. The second kappa shape index (κ2) is 11.1. The Morgan fingerprint density at radius 3 is 2.54 bits per heavy atom. The summed E-state index contributed by atoms with van der Waals surface area (Å²) in [5.41, 5.74) is 1.98. The highest BCUT2D eigenvalue weighted by Gasteiger charge is 2.12. The molecule has 0 fully saturated rings. The van der Waals surface area contributed by atoms with Crippen LogP contribution in [-0.4, -0.2) is 28.5 Å². The summed E-state index contributed by atoms with van der Waals surface area (Å²) in [7, 11) is 0. The van der Waals surface area contributed by atoms with Gasteiger partial charge in [0, 0.05) is 12.8 Å². The van der Waals surface area contributed by atoms with Gasteiger partial charge in [0.25, 0.3) is 11.5 Å². The molecule has 0 aliphatic heterocycles. The van der Waals surface area contributed by atoms with Gasteiger partial charge in [-0.2, -0.15) is 0 Å². The Balaban J connectivity index is 1.24. The van der Waals surface area contributed by atoms with E-state index < -0.39 is 18.5 Å². The van der Waals surface area contributed by atoms with Crippen molar-refractivity contribution in [2.24, 2.45) is 0 Å². The van der Waals surface area contributed by atoms with E-state index in [2.05, 4.69) is 15.3 Å². The van der Waals surface area contributed by atoms with Gasteiger partial charge in [0.05, 0.1) is 16.6 Å². The van der Waals surface area contributed by atoms with Crippen LogP contribution in [0.25, 0.3) is 10.9 Å². The minimum Gasteiger partial charge on any atom is -0.456 e. The van der Waals surface area contributed by atoms with Gasteiger partial charge in [0.2, 0.25) is 0 Å². The average Bonchev–Trinajstić information content (AvgIpc) is 2.85. The molecule has 0 unspecified atom stereocenters. The number of rotatable bonds is 9. The van der Waals surface area contributed by atoms with E-state index in [0.29, 0.717) is 46.8 Å². The quantitative estimate of drug-likeness (QED) is 0.347. The third-order valence-corrected chi connectivity index (χ3v) is 5.23. The molecule has 1 aromatic heterocycles. The fourth-order valence-electron chi connectivity index (χ4n) is 3.45. The van der Waals surface area contributed by atoms with E-state index in [9.17, 15) is 14.4 Å². The number of aryl methyl sites for hydroxylation is 2. The lowest BCUT2D eigenvalue weighted by Gasteiger charge is -2.12. The zero-order valence-corrected chi connectivity index (χ0v) is 19.2. The van der Waals surface area contributed by atoms with Crippen molar-refractivity contribution in [2.45, 2.75) is 26.2 Å². The number of ether oxygens (including phenoxy) is 2. The first kappa shape index (κ1) is 23.7. The highest BCUT2D eigenvalue weighted by atomic mass is 16.5. The molecule has 2 N–H and O–H groups in total. The van der Waals surface area contributed by atoms with Gasteiger partial charge >= 0.3 is 5.97 Å². The Bertz CT molecular complexity index is 1400. The number of para-hydroxylation sites is 3. The summed E-state index contributed by atoms with van der Waals surface area (Å²) in [6.07, 6.45) is 0.928. The minimum absolute atomic E-state index is 0.0942. The molecule has 1 heterocycles. The number of fused-ring (bicyclic) bond motifs is 1. The number of aromatic nitrogens is 2. The van der Waals surface area contributed by atoms with E-state index in [0.717, 1.165) is 5.56 Å². The molecule has 0 bridgehead atoms. The third kappa shape index (κ3) is 6.54. The van der Waals surface area contributed by atoms with Gasteiger partial charge in [-0.05, 0) is 49.7 Å². The Morgan fingerprint density at radius 1 is 0.971 bits per heavy atom. The van der Waals surface area contributed by atoms with Gasteiger partial charge in [-0.3, -0.25) is 14.4 Å². The van der Waals surface area contributed by atoms with Gasteiger partial charge in [-0.15, -0.1) is 0 Å². The highest BCUT2D eigenvalue weighted by molar-refractivity contribution is 5.94. The predicted molar refractivity (Wildman–Crippen MR) is 133 cm³/mol. The summed E-state index contributed by atoms with van der Waals surface area (Å²) in [6.45, 7) is 1.57. The molecule has 8 nitrogen and oxygen atoms in total. The van der Waals surface area contributed by atoms with Crippen LogP contribution in [0.2, 0.25) is 0 Å². The van der Waals surface area contributed by atoms with Crippen LogP contribution >= 0.6 is 0 Å². The number of amides is 1. The van der Waals surface area contributed by atoms with Crippen molar-refractivity contribution in [3.8, 4) is 11.5 Å². The second-order valence-corrected chi connectivity index (χ2v) is 8.00. The molecule has 0 aliphatic rings. The standard InChI is InChI=1S/C27H25N3O5/c1-18-13-15-19(16-14-18)35-23-10-5-4-9-22(23)29-25(31)17-34-26(32)12-6-11-24-28-21-8-3-2-7-20(21)27(33)30-24/h2-5,7-10,13-16H,6,11-12,17H2,1H3,(H,29,31)(H,28,30,33). The number of hydrogen-bond acceptors (Lipinski definition) is 6. The van der Waals surface area contributed by atoms with Gasteiger partial charge in [0.15, 0.2) is 12.4 Å². The molecule has 35 heavy (non-hydrogen) atoms. The summed E-state index contributed by atoms with van der Waals surface area (Å²) in [4.78, 5) is 43.7. The van der Waals surface area contributed by atoms with Crippen LogP contribution in [0.15, 0.2) is 77.6 Å². The SMILES string of the molecule is Cc1ccc(Oc2ccccc2NC(=O)COC(=O)CCCc2nc3ccccc3c(=O)[nH]2)cc1. The smallest absolute Gasteiger partial charge is 0.306 e. The van der Waals surface area contributed by atoms with Crippen LogP contribution in [0.3, 0.4) is 0 Å². The van der Waals surface area contributed by atoms with Crippen LogP contribution in [0.1, 0.15) is 24.2 Å². The zero-order chi connectivity index (χ0) is 24.6. The summed E-state index contributed by atoms with van der Waals surface area (Å²) >= 11 is 0. The van der Waals surface area contributed by atoms with E-state index in [-0.39, 0.29) is 12.0 Å². The van der Waals surface area contributed by atoms with E-state index in [1.165, 1.54) is 0 Å². The van der Waals surface area contributed by atoms with E-state index in [1.54, 1.807) is 42.5 Å². The summed E-state index contributed by atoms with van der Waals surface area (Å²) in [5, 5.41) is 3.23. The second-order valence-electron chi connectivity index (χ2n) is 8.00. The molecule has 0 saturated heterocycles. The average molecular weight is 472 g/mol. The Kier molecular flexibility index (Phi) is 7.52. The van der Waals surface area contributed by atoms with Crippen LogP contribution < -0.4 is 15.6 Å². The number of aromatic amines is 1. The Morgan fingerprint density at radius 2 is 1.71 bits per heavy atom. The van der Waals surface area contributed by atoms with Crippen molar-refractivity contribution in [3.05, 3.63) is 94.5 Å². The molecule has 0 atom stereocenters. The molecule has 8 heteroatoms. The molecule has 0 radical (unpaired) electrons. The Labute approximate surface area is 201 Å². The summed E-state index contributed by atoms with van der Waals surface area (Å²) in [5.74, 6) is 0.648. The lowest BCUT2D eigenvalue weighted by Crippen LogP contribution is -2.21. The van der Waals surface area contributed by atoms with Crippen LogP contribution in [0.5, 0.6) is 11.5 Å². The van der Waals surface area contributed by atoms with E-state index in [1.807, 2.05) is 37.3 Å². The van der Waals surface area contributed by atoms with Crippen molar-refractivity contribution in [1.82, 2.24) is 9.97 Å². The molecule has 4 aromatic rings. The first-order valence-electron chi connectivity index (χ1n) is 11.2. The fraction of sp³-hybridized carbons (Fsp3) is 0.185. The van der Waals surface area contributed by atoms with Gasteiger partial charge < -0.3 is 19.8 Å².